The average Bonchev–Trinajstić information content (AvgIpc) is 3.55. The lowest BCUT2D eigenvalue weighted by Crippen LogP contribution is -2.14. The van der Waals surface area contributed by atoms with Crippen LogP contribution in [0.2, 0.25) is 0 Å². The Bertz CT molecular complexity index is 1410. The number of amides is 2. The predicted octanol–water partition coefficient (Wildman–Crippen LogP) is 6.72. The van der Waals surface area contributed by atoms with Gasteiger partial charge in [-0.2, -0.15) is 0 Å². The van der Waals surface area contributed by atoms with E-state index in [0.29, 0.717) is 32.8 Å². The van der Waals surface area contributed by atoms with Gasteiger partial charge >= 0.3 is 0 Å². The Labute approximate surface area is 212 Å². The number of carbonyl (C=O) groups excluding carboxylic acids is 2. The third-order valence-electron chi connectivity index (χ3n) is 5.14. The van der Waals surface area contributed by atoms with E-state index < -0.39 is 0 Å². The summed E-state index contributed by atoms with van der Waals surface area (Å²) in [5, 5.41) is 9.82. The van der Waals surface area contributed by atoms with Gasteiger partial charge in [0.1, 0.15) is 11.6 Å². The van der Waals surface area contributed by atoms with E-state index in [4.69, 9.17) is 0 Å². The topological polar surface area (TPSA) is 84.0 Å². The molecule has 3 aromatic carbocycles. The fourth-order valence-electron chi connectivity index (χ4n) is 3.28. The molecule has 0 aliphatic heterocycles. The smallest absolute Gasteiger partial charge is 0.257 e. The standard InChI is InChI=1S/C26H16F2N4O2S2/c27-19-9-5-15(6-10-19)21-13-35-25(29-21)31-23(33)17-1-2-18(4-3-17)24(34)32-26-30-22(14-36-26)16-7-11-20(28)12-8-16/h1-14H,(H,29,31,33)(H,30,32,34). The highest BCUT2D eigenvalue weighted by molar-refractivity contribution is 7.14. The molecule has 6 nitrogen and oxygen atoms in total. The number of benzene rings is 3. The molecule has 0 unspecified atom stereocenters. The van der Waals surface area contributed by atoms with Gasteiger partial charge in [0.05, 0.1) is 11.4 Å². The summed E-state index contributed by atoms with van der Waals surface area (Å²) in [7, 11) is 0. The van der Waals surface area contributed by atoms with E-state index >= 15 is 0 Å². The minimum absolute atomic E-state index is 0.332. The van der Waals surface area contributed by atoms with E-state index in [9.17, 15) is 18.4 Å². The molecule has 2 heterocycles. The molecule has 36 heavy (non-hydrogen) atoms. The molecule has 0 saturated carbocycles. The first-order chi connectivity index (χ1) is 17.4. The SMILES string of the molecule is O=C(Nc1nc(-c2ccc(F)cc2)cs1)c1ccc(C(=O)Nc2nc(-c3ccc(F)cc3)cs2)cc1. The van der Waals surface area contributed by atoms with Gasteiger partial charge in [-0.15, -0.1) is 22.7 Å². The quantitative estimate of drug-likeness (QED) is 0.262. The van der Waals surface area contributed by atoms with Crippen molar-refractivity contribution in [2.24, 2.45) is 0 Å². The maximum atomic E-state index is 13.1. The number of carbonyl (C=O) groups is 2. The second-order valence-electron chi connectivity index (χ2n) is 7.58. The number of thiazole rings is 2. The minimum atomic E-state index is -0.370. The van der Waals surface area contributed by atoms with Gasteiger partial charge in [0.15, 0.2) is 10.3 Å². The van der Waals surface area contributed by atoms with Crippen LogP contribution < -0.4 is 10.6 Å². The highest BCUT2D eigenvalue weighted by atomic mass is 32.1. The molecule has 10 heteroatoms. The summed E-state index contributed by atoms with van der Waals surface area (Å²) in [5.74, 6) is -1.40. The number of aromatic nitrogens is 2. The summed E-state index contributed by atoms with van der Waals surface area (Å²) < 4.78 is 26.2. The van der Waals surface area contributed by atoms with Crippen LogP contribution in [0, 0.1) is 11.6 Å². The van der Waals surface area contributed by atoms with E-state index in [1.165, 1.54) is 46.9 Å². The summed E-state index contributed by atoms with van der Waals surface area (Å²) in [5.41, 5.74) is 3.47. The lowest BCUT2D eigenvalue weighted by Gasteiger charge is -2.05. The van der Waals surface area contributed by atoms with Crippen LogP contribution in [0.4, 0.5) is 19.0 Å². The highest BCUT2D eigenvalue weighted by Crippen LogP contribution is 2.27. The molecule has 0 aliphatic rings. The number of halogens is 2. The molecule has 0 radical (unpaired) electrons. The Morgan fingerprint density at radius 3 is 1.31 bits per heavy atom. The summed E-state index contributed by atoms with van der Waals surface area (Å²) in [6, 6.07) is 18.1. The van der Waals surface area contributed by atoms with Gasteiger partial charge in [0.25, 0.3) is 11.8 Å². The van der Waals surface area contributed by atoms with Gasteiger partial charge in [-0.3, -0.25) is 20.2 Å². The molecule has 178 valence electrons. The molecule has 5 aromatic rings. The first kappa shape index (κ1) is 23.5. The van der Waals surface area contributed by atoms with Crippen LogP contribution in [-0.2, 0) is 0 Å². The number of anilines is 2. The Morgan fingerprint density at radius 1 is 0.583 bits per heavy atom. The largest absolute Gasteiger partial charge is 0.298 e. The van der Waals surface area contributed by atoms with Crippen molar-refractivity contribution in [3.05, 3.63) is 106 Å². The zero-order chi connectivity index (χ0) is 25.1. The Hall–Kier alpha value is -4.28. The summed E-state index contributed by atoms with van der Waals surface area (Å²) in [4.78, 5) is 34.0. The van der Waals surface area contributed by atoms with Crippen molar-refractivity contribution < 1.29 is 18.4 Å². The van der Waals surface area contributed by atoms with Crippen molar-refractivity contribution in [1.82, 2.24) is 9.97 Å². The van der Waals surface area contributed by atoms with E-state index in [1.807, 2.05) is 0 Å². The molecular formula is C26H16F2N4O2S2. The lowest BCUT2D eigenvalue weighted by molar-refractivity contribution is 0.101. The summed E-state index contributed by atoms with van der Waals surface area (Å²) >= 11 is 2.51. The molecule has 0 atom stereocenters. The van der Waals surface area contributed by atoms with Crippen molar-refractivity contribution in [2.45, 2.75) is 0 Å². The van der Waals surface area contributed by atoms with Crippen molar-refractivity contribution in [3.63, 3.8) is 0 Å². The molecule has 0 bridgehead atoms. The number of hydrogen-bond acceptors (Lipinski definition) is 6. The summed E-state index contributed by atoms with van der Waals surface area (Å²) in [6.45, 7) is 0. The van der Waals surface area contributed by atoms with Crippen molar-refractivity contribution in [2.75, 3.05) is 10.6 Å². The van der Waals surface area contributed by atoms with E-state index in [0.717, 1.165) is 11.1 Å². The molecule has 5 rings (SSSR count). The third kappa shape index (κ3) is 5.35. The predicted molar refractivity (Wildman–Crippen MR) is 137 cm³/mol. The normalized spacial score (nSPS) is 10.7. The average molecular weight is 519 g/mol. The second kappa shape index (κ2) is 10.1. The number of nitrogens with zero attached hydrogens (tertiary/aromatic N) is 2. The van der Waals surface area contributed by atoms with Crippen LogP contribution in [0.15, 0.2) is 83.6 Å². The van der Waals surface area contributed by atoms with Gasteiger partial charge < -0.3 is 0 Å². The first-order valence-corrected chi connectivity index (χ1v) is 12.4. The van der Waals surface area contributed by atoms with E-state index in [1.54, 1.807) is 59.3 Å². The molecular weight excluding hydrogens is 502 g/mol. The van der Waals surface area contributed by atoms with Crippen LogP contribution >= 0.6 is 22.7 Å². The Kier molecular flexibility index (Phi) is 6.61. The lowest BCUT2D eigenvalue weighted by atomic mass is 10.1. The minimum Gasteiger partial charge on any atom is -0.298 e. The molecule has 2 aromatic heterocycles. The maximum Gasteiger partial charge on any atom is 0.257 e. The molecule has 0 saturated heterocycles. The van der Waals surface area contributed by atoms with Crippen LogP contribution in [0.25, 0.3) is 22.5 Å². The third-order valence-corrected chi connectivity index (χ3v) is 6.65. The molecule has 2 N–H and O–H groups in total. The van der Waals surface area contributed by atoms with Crippen LogP contribution in [-0.4, -0.2) is 21.8 Å². The zero-order valence-corrected chi connectivity index (χ0v) is 20.0. The molecule has 0 fully saturated rings. The van der Waals surface area contributed by atoms with Gasteiger partial charge in [-0.05, 0) is 72.8 Å². The van der Waals surface area contributed by atoms with Gasteiger partial charge in [-0.1, -0.05) is 0 Å². The number of hydrogen-bond donors (Lipinski definition) is 2. The second-order valence-corrected chi connectivity index (χ2v) is 9.29. The Balaban J connectivity index is 1.20. The number of rotatable bonds is 6. The fourth-order valence-corrected chi connectivity index (χ4v) is 4.71. The van der Waals surface area contributed by atoms with Gasteiger partial charge in [0.2, 0.25) is 0 Å². The van der Waals surface area contributed by atoms with Crippen molar-refractivity contribution in [1.29, 1.82) is 0 Å². The first-order valence-electron chi connectivity index (χ1n) is 10.6. The van der Waals surface area contributed by atoms with Crippen LogP contribution in [0.3, 0.4) is 0 Å². The fraction of sp³-hybridized carbons (Fsp3) is 0. The van der Waals surface area contributed by atoms with Crippen molar-refractivity contribution in [3.8, 4) is 22.5 Å². The number of nitrogens with one attached hydrogen (secondary N) is 2. The van der Waals surface area contributed by atoms with Gasteiger partial charge in [-0.25, -0.2) is 18.7 Å². The van der Waals surface area contributed by atoms with Crippen LogP contribution in [0.5, 0.6) is 0 Å². The van der Waals surface area contributed by atoms with E-state index in [2.05, 4.69) is 20.6 Å². The molecule has 2 amide bonds. The summed E-state index contributed by atoms with van der Waals surface area (Å²) in [6.07, 6.45) is 0. The van der Waals surface area contributed by atoms with Crippen LogP contribution in [0.1, 0.15) is 20.7 Å². The monoisotopic (exact) mass is 518 g/mol. The highest BCUT2D eigenvalue weighted by Gasteiger charge is 2.13. The Morgan fingerprint density at radius 2 is 0.944 bits per heavy atom. The van der Waals surface area contributed by atoms with Gasteiger partial charge in [0, 0.05) is 33.0 Å². The molecule has 0 spiro atoms. The maximum absolute atomic E-state index is 13.1. The van der Waals surface area contributed by atoms with Crippen molar-refractivity contribution >= 4 is 44.8 Å². The zero-order valence-electron chi connectivity index (χ0n) is 18.4. The van der Waals surface area contributed by atoms with E-state index in [-0.39, 0.29) is 23.4 Å². The molecule has 0 aliphatic carbocycles.